The molecule has 2 N–H and O–H groups in total. The van der Waals surface area contributed by atoms with Crippen LogP contribution in [-0.4, -0.2) is 16.0 Å². The normalized spacial score (nSPS) is 9.67. The molecule has 1 rings (SSSR count). The smallest absolute Gasteiger partial charge is 0.171 e. The first-order valence-corrected chi connectivity index (χ1v) is 4.49. The van der Waals surface area contributed by atoms with Gasteiger partial charge in [-0.15, -0.1) is 18.3 Å². The van der Waals surface area contributed by atoms with Crippen LogP contribution in [0.15, 0.2) is 35.7 Å². The van der Waals surface area contributed by atoms with E-state index in [1.807, 2.05) is 0 Å². The van der Waals surface area contributed by atoms with Crippen molar-refractivity contribution in [1.82, 2.24) is 0 Å². The van der Waals surface area contributed by atoms with Crippen LogP contribution < -0.4 is 0 Å². The molecule has 0 radical (unpaired) electrons. The Labute approximate surface area is 75.5 Å². The van der Waals surface area contributed by atoms with Gasteiger partial charge >= 0.3 is 0 Å². The van der Waals surface area contributed by atoms with Gasteiger partial charge in [-0.3, -0.25) is 0 Å². The van der Waals surface area contributed by atoms with Crippen molar-refractivity contribution < 1.29 is 10.2 Å². The molecule has 3 heteroatoms. The van der Waals surface area contributed by atoms with E-state index in [2.05, 4.69) is 6.58 Å². The highest BCUT2D eigenvalue weighted by molar-refractivity contribution is 7.99. The predicted molar refractivity (Wildman–Crippen MR) is 50.7 cm³/mol. The molecule has 1 aromatic rings. The third kappa shape index (κ3) is 1.95. The van der Waals surface area contributed by atoms with E-state index in [0.29, 0.717) is 4.90 Å². The fourth-order valence-electron chi connectivity index (χ4n) is 0.776. The zero-order chi connectivity index (χ0) is 8.97. The predicted octanol–water partition coefficient (Wildman–Crippen LogP) is 2.38. The molecule has 0 saturated heterocycles. The van der Waals surface area contributed by atoms with E-state index >= 15 is 0 Å². The number of aromatic hydroxyl groups is 2. The van der Waals surface area contributed by atoms with Crippen LogP contribution in [0.3, 0.4) is 0 Å². The Morgan fingerprint density at radius 3 is 2.83 bits per heavy atom. The SMILES string of the molecule is C=CCSc1cccc(O)c1O. The van der Waals surface area contributed by atoms with E-state index < -0.39 is 0 Å². The lowest BCUT2D eigenvalue weighted by Crippen LogP contribution is -1.76. The summed E-state index contributed by atoms with van der Waals surface area (Å²) in [5.74, 6) is 0.588. The van der Waals surface area contributed by atoms with Crippen LogP contribution >= 0.6 is 11.8 Å². The molecule has 0 spiro atoms. The van der Waals surface area contributed by atoms with Crippen molar-refractivity contribution >= 4 is 11.8 Å². The standard InChI is InChI=1S/C9H10O2S/c1-2-6-12-8-5-3-4-7(10)9(8)11/h2-5,10-11H,1,6H2. The van der Waals surface area contributed by atoms with Crippen molar-refractivity contribution in [2.45, 2.75) is 4.90 Å². The summed E-state index contributed by atoms with van der Waals surface area (Å²) < 4.78 is 0. The molecule has 0 amide bonds. The quantitative estimate of drug-likeness (QED) is 0.428. The summed E-state index contributed by atoms with van der Waals surface area (Å²) in [7, 11) is 0. The minimum atomic E-state index is -0.0796. The number of hydrogen-bond donors (Lipinski definition) is 2. The summed E-state index contributed by atoms with van der Waals surface area (Å²) in [6, 6.07) is 4.90. The van der Waals surface area contributed by atoms with Gasteiger partial charge in [0.15, 0.2) is 11.5 Å². The van der Waals surface area contributed by atoms with E-state index in [-0.39, 0.29) is 11.5 Å². The lowest BCUT2D eigenvalue weighted by molar-refractivity contribution is 0.395. The second-order valence-electron chi connectivity index (χ2n) is 2.22. The number of hydrogen-bond acceptors (Lipinski definition) is 3. The number of para-hydroxylation sites is 1. The molecule has 0 aliphatic heterocycles. The van der Waals surface area contributed by atoms with Gasteiger partial charge in [0, 0.05) is 5.75 Å². The van der Waals surface area contributed by atoms with Gasteiger partial charge in [0.05, 0.1) is 4.90 Å². The highest BCUT2D eigenvalue weighted by atomic mass is 32.2. The van der Waals surface area contributed by atoms with Gasteiger partial charge in [0.1, 0.15) is 0 Å². The molecule has 2 nitrogen and oxygen atoms in total. The van der Waals surface area contributed by atoms with Gasteiger partial charge in [-0.05, 0) is 12.1 Å². The third-order valence-electron chi connectivity index (χ3n) is 1.33. The Morgan fingerprint density at radius 2 is 2.17 bits per heavy atom. The topological polar surface area (TPSA) is 40.5 Å². The van der Waals surface area contributed by atoms with Crippen molar-refractivity contribution in [1.29, 1.82) is 0 Å². The molecule has 0 saturated carbocycles. The van der Waals surface area contributed by atoms with Crippen molar-refractivity contribution in [2.75, 3.05) is 5.75 Å². The average Bonchev–Trinajstić information content (AvgIpc) is 2.08. The number of phenols is 2. The van der Waals surface area contributed by atoms with Crippen LogP contribution in [0.2, 0.25) is 0 Å². The van der Waals surface area contributed by atoms with Crippen LogP contribution in [0, 0.1) is 0 Å². The molecule has 0 unspecified atom stereocenters. The maximum absolute atomic E-state index is 9.32. The fourth-order valence-corrected chi connectivity index (χ4v) is 1.49. The number of benzene rings is 1. The number of phenolic OH excluding ortho intramolecular Hbond substituents is 2. The van der Waals surface area contributed by atoms with Crippen LogP contribution in [0.1, 0.15) is 0 Å². The lowest BCUT2D eigenvalue weighted by atomic mass is 10.3. The van der Waals surface area contributed by atoms with Crippen LogP contribution in [0.4, 0.5) is 0 Å². The highest BCUT2D eigenvalue weighted by Gasteiger charge is 2.04. The monoisotopic (exact) mass is 182 g/mol. The van der Waals surface area contributed by atoms with Crippen LogP contribution in [0.25, 0.3) is 0 Å². The highest BCUT2D eigenvalue weighted by Crippen LogP contribution is 2.35. The number of thioether (sulfide) groups is 1. The molecule has 1 aromatic carbocycles. The van der Waals surface area contributed by atoms with Gasteiger partial charge in [-0.2, -0.15) is 0 Å². The van der Waals surface area contributed by atoms with Crippen molar-refractivity contribution in [2.24, 2.45) is 0 Å². The van der Waals surface area contributed by atoms with E-state index in [4.69, 9.17) is 5.11 Å². The van der Waals surface area contributed by atoms with Crippen LogP contribution in [-0.2, 0) is 0 Å². The zero-order valence-corrected chi connectivity index (χ0v) is 7.34. The summed E-state index contributed by atoms with van der Waals surface area (Å²) in [5, 5.41) is 18.4. The molecule has 0 fully saturated rings. The first kappa shape index (κ1) is 9.00. The van der Waals surface area contributed by atoms with E-state index in [1.54, 1.807) is 18.2 Å². The molecular weight excluding hydrogens is 172 g/mol. The molecule has 0 atom stereocenters. The lowest BCUT2D eigenvalue weighted by Gasteiger charge is -2.02. The molecular formula is C9H10O2S. The zero-order valence-electron chi connectivity index (χ0n) is 6.53. The molecule has 0 aromatic heterocycles. The first-order chi connectivity index (χ1) is 5.75. The van der Waals surface area contributed by atoms with Gasteiger partial charge in [-0.25, -0.2) is 0 Å². The second-order valence-corrected chi connectivity index (χ2v) is 3.29. The summed E-state index contributed by atoms with van der Waals surface area (Å²) in [5.41, 5.74) is 0. The number of rotatable bonds is 3. The maximum Gasteiger partial charge on any atom is 0.171 e. The van der Waals surface area contributed by atoms with Gasteiger partial charge in [0.25, 0.3) is 0 Å². The van der Waals surface area contributed by atoms with Crippen molar-refractivity contribution in [3.8, 4) is 11.5 Å². The molecule has 0 aliphatic rings. The van der Waals surface area contributed by atoms with E-state index in [9.17, 15) is 5.11 Å². The van der Waals surface area contributed by atoms with Gasteiger partial charge in [-0.1, -0.05) is 12.1 Å². The molecule has 0 heterocycles. The largest absolute Gasteiger partial charge is 0.504 e. The third-order valence-corrected chi connectivity index (χ3v) is 2.38. The van der Waals surface area contributed by atoms with Crippen molar-refractivity contribution in [3.05, 3.63) is 30.9 Å². The minimum Gasteiger partial charge on any atom is -0.504 e. The molecule has 0 aliphatic carbocycles. The Balaban J connectivity index is 2.84. The average molecular weight is 182 g/mol. The molecule has 64 valence electrons. The Hall–Kier alpha value is -1.09. The van der Waals surface area contributed by atoms with Crippen LogP contribution in [0.5, 0.6) is 11.5 Å². The van der Waals surface area contributed by atoms with Crippen molar-refractivity contribution in [3.63, 3.8) is 0 Å². The summed E-state index contributed by atoms with van der Waals surface area (Å²) in [6.07, 6.45) is 1.74. The van der Waals surface area contributed by atoms with E-state index in [1.165, 1.54) is 17.8 Å². The Bertz CT molecular complexity index is 284. The Morgan fingerprint density at radius 1 is 1.42 bits per heavy atom. The summed E-state index contributed by atoms with van der Waals surface area (Å²) in [4.78, 5) is 0.676. The minimum absolute atomic E-state index is 0.0515. The van der Waals surface area contributed by atoms with Gasteiger partial charge < -0.3 is 10.2 Å². The molecule has 0 bridgehead atoms. The summed E-state index contributed by atoms with van der Waals surface area (Å²) in [6.45, 7) is 3.56. The Kier molecular flexibility index (Phi) is 3.05. The summed E-state index contributed by atoms with van der Waals surface area (Å²) >= 11 is 1.43. The first-order valence-electron chi connectivity index (χ1n) is 3.50. The second kappa shape index (κ2) is 4.07. The maximum atomic E-state index is 9.32. The van der Waals surface area contributed by atoms with E-state index in [0.717, 1.165) is 5.75 Å². The fraction of sp³-hybridized carbons (Fsp3) is 0.111. The molecule has 12 heavy (non-hydrogen) atoms. The van der Waals surface area contributed by atoms with Gasteiger partial charge in [0.2, 0.25) is 0 Å².